The van der Waals surface area contributed by atoms with Gasteiger partial charge in [0.05, 0.1) is 0 Å². The van der Waals surface area contributed by atoms with E-state index in [1.54, 1.807) is 6.33 Å². The molecule has 0 amide bonds. The third kappa shape index (κ3) is 3.05. The van der Waals surface area contributed by atoms with Gasteiger partial charge in [-0.2, -0.15) is 0 Å². The van der Waals surface area contributed by atoms with Gasteiger partial charge in [-0.1, -0.05) is 20.8 Å². The molecule has 25 heavy (non-hydrogen) atoms. The average Bonchev–Trinajstić information content (AvgIpc) is 2.77. The van der Waals surface area contributed by atoms with Crippen molar-refractivity contribution in [2.24, 2.45) is 10.8 Å². The van der Waals surface area contributed by atoms with Crippen LogP contribution in [0.25, 0.3) is 0 Å². The second-order valence-electron chi connectivity index (χ2n) is 9.57. The van der Waals surface area contributed by atoms with Gasteiger partial charge in [-0.05, 0) is 37.1 Å². The molecule has 1 aromatic heterocycles. The first kappa shape index (κ1) is 16.9. The molecule has 2 aliphatic heterocycles. The number of nitrogen functional groups attached to an aromatic ring is 1. The molecule has 6 heteroatoms. The number of anilines is 3. The van der Waals surface area contributed by atoms with E-state index in [-0.39, 0.29) is 0 Å². The molecule has 4 rings (SSSR count). The van der Waals surface area contributed by atoms with E-state index in [1.807, 2.05) is 0 Å². The molecule has 3 heterocycles. The van der Waals surface area contributed by atoms with Crippen molar-refractivity contribution in [3.05, 3.63) is 6.33 Å². The number of hydrogen-bond donors (Lipinski definition) is 1. The molecule has 3 fully saturated rings. The van der Waals surface area contributed by atoms with Crippen molar-refractivity contribution >= 4 is 17.3 Å². The van der Waals surface area contributed by atoms with E-state index in [2.05, 4.69) is 52.5 Å². The fourth-order valence-corrected chi connectivity index (χ4v) is 5.58. The first-order valence-corrected chi connectivity index (χ1v) is 9.57. The lowest BCUT2D eigenvalue weighted by atomic mass is 9.65. The van der Waals surface area contributed by atoms with Crippen molar-refractivity contribution in [2.45, 2.75) is 46.1 Å². The van der Waals surface area contributed by atoms with Crippen molar-refractivity contribution in [2.75, 3.05) is 55.3 Å². The molecule has 1 aromatic rings. The second-order valence-corrected chi connectivity index (χ2v) is 9.57. The molecule has 2 atom stereocenters. The molecule has 138 valence electrons. The summed E-state index contributed by atoms with van der Waals surface area (Å²) in [7, 11) is 2.17. The monoisotopic (exact) mass is 344 g/mol. The normalized spacial score (nSPS) is 32.2. The molecule has 2 bridgehead atoms. The minimum Gasteiger partial charge on any atom is -0.393 e. The van der Waals surface area contributed by atoms with Gasteiger partial charge < -0.3 is 20.4 Å². The fraction of sp³-hybridized carbons (Fsp3) is 0.789. The Morgan fingerprint density at radius 3 is 2.44 bits per heavy atom. The average molecular weight is 345 g/mol. The Morgan fingerprint density at radius 1 is 1.04 bits per heavy atom. The summed E-state index contributed by atoms with van der Waals surface area (Å²) in [6, 6.07) is 0.547. The van der Waals surface area contributed by atoms with E-state index in [1.165, 1.54) is 19.3 Å². The third-order valence-electron chi connectivity index (χ3n) is 6.33. The van der Waals surface area contributed by atoms with Gasteiger partial charge in [-0.25, -0.2) is 9.97 Å². The molecule has 3 aliphatic rings. The maximum absolute atomic E-state index is 6.60. The van der Waals surface area contributed by atoms with Gasteiger partial charge in [-0.3, -0.25) is 0 Å². The first-order valence-electron chi connectivity index (χ1n) is 9.57. The number of nitrogens with zero attached hydrogens (tertiary/aromatic N) is 5. The number of likely N-dealkylation sites (N-methyl/N-ethyl adjacent to an activating group) is 1. The second kappa shape index (κ2) is 5.73. The highest BCUT2D eigenvalue weighted by Gasteiger charge is 2.50. The number of rotatable bonds is 2. The van der Waals surface area contributed by atoms with E-state index in [4.69, 9.17) is 5.73 Å². The van der Waals surface area contributed by atoms with Crippen LogP contribution in [0.3, 0.4) is 0 Å². The fourth-order valence-electron chi connectivity index (χ4n) is 5.58. The van der Waals surface area contributed by atoms with Crippen LogP contribution in [-0.2, 0) is 0 Å². The van der Waals surface area contributed by atoms with E-state index >= 15 is 0 Å². The number of nitrogens with two attached hydrogens (primary N) is 1. The smallest absolute Gasteiger partial charge is 0.157 e. The predicted octanol–water partition coefficient (Wildman–Crippen LogP) is 2.22. The van der Waals surface area contributed by atoms with Gasteiger partial charge in [0.2, 0.25) is 0 Å². The Balaban J connectivity index is 1.62. The molecule has 2 unspecified atom stereocenters. The Kier molecular flexibility index (Phi) is 3.87. The van der Waals surface area contributed by atoms with Gasteiger partial charge in [0.25, 0.3) is 0 Å². The number of fused-ring (bicyclic) bond motifs is 2. The first-order chi connectivity index (χ1) is 11.8. The number of aromatic nitrogens is 2. The Hall–Kier alpha value is -1.56. The summed E-state index contributed by atoms with van der Waals surface area (Å²) in [5.41, 5.74) is 8.14. The number of hydrogen-bond acceptors (Lipinski definition) is 6. The maximum Gasteiger partial charge on any atom is 0.157 e. The highest BCUT2D eigenvalue weighted by Crippen LogP contribution is 2.54. The summed E-state index contributed by atoms with van der Waals surface area (Å²) in [5.74, 6) is 1.87. The molecule has 2 N–H and O–H groups in total. The van der Waals surface area contributed by atoms with Crippen LogP contribution in [0.15, 0.2) is 6.33 Å². The van der Waals surface area contributed by atoms with Crippen molar-refractivity contribution in [3.63, 3.8) is 0 Å². The lowest BCUT2D eigenvalue weighted by molar-refractivity contribution is 0.136. The Bertz CT molecular complexity index is 651. The molecule has 0 radical (unpaired) electrons. The van der Waals surface area contributed by atoms with Crippen molar-refractivity contribution in [1.82, 2.24) is 14.9 Å². The molecular formula is C19H32N6. The van der Waals surface area contributed by atoms with Crippen LogP contribution in [-0.4, -0.2) is 60.7 Å². The Labute approximate surface area is 151 Å². The minimum atomic E-state index is 0.373. The van der Waals surface area contributed by atoms with E-state index in [0.717, 1.165) is 50.0 Å². The van der Waals surface area contributed by atoms with Crippen LogP contribution in [0.5, 0.6) is 0 Å². The van der Waals surface area contributed by atoms with Gasteiger partial charge in [0.1, 0.15) is 12.0 Å². The Morgan fingerprint density at radius 2 is 1.72 bits per heavy atom. The predicted molar refractivity (Wildman–Crippen MR) is 103 cm³/mol. The van der Waals surface area contributed by atoms with Crippen LogP contribution < -0.4 is 15.5 Å². The van der Waals surface area contributed by atoms with Crippen molar-refractivity contribution in [3.8, 4) is 0 Å². The van der Waals surface area contributed by atoms with E-state index < -0.39 is 0 Å². The zero-order valence-corrected chi connectivity index (χ0v) is 16.1. The standard InChI is InChI=1S/C19H32N6/c1-18(2)9-14-10-19(3,11-18)12-25(14)17-15(20)16(21-13-22-17)24-7-5-23(4)6-8-24/h13-14H,5-12,20H2,1-4H3. The minimum absolute atomic E-state index is 0.373. The van der Waals surface area contributed by atoms with Crippen molar-refractivity contribution < 1.29 is 0 Å². The van der Waals surface area contributed by atoms with Crippen LogP contribution in [0.1, 0.15) is 40.0 Å². The molecular weight excluding hydrogens is 312 g/mol. The largest absolute Gasteiger partial charge is 0.393 e. The summed E-state index contributed by atoms with van der Waals surface area (Å²) in [5, 5.41) is 0. The zero-order chi connectivity index (χ0) is 17.8. The number of piperazine rings is 1. The van der Waals surface area contributed by atoms with E-state index in [9.17, 15) is 0 Å². The van der Waals surface area contributed by atoms with Crippen LogP contribution >= 0.6 is 0 Å². The topological polar surface area (TPSA) is 61.5 Å². The molecule has 1 saturated carbocycles. The SMILES string of the molecule is CN1CCN(c2ncnc(N3CC4(C)CC3CC(C)(C)C4)c2N)CC1. The van der Waals surface area contributed by atoms with Crippen LogP contribution in [0.4, 0.5) is 17.3 Å². The molecule has 0 spiro atoms. The van der Waals surface area contributed by atoms with Crippen LogP contribution in [0.2, 0.25) is 0 Å². The lowest BCUT2D eigenvalue weighted by Crippen LogP contribution is -2.45. The zero-order valence-electron chi connectivity index (χ0n) is 16.1. The van der Waals surface area contributed by atoms with Gasteiger partial charge in [0.15, 0.2) is 11.6 Å². The summed E-state index contributed by atoms with van der Waals surface area (Å²) in [6.45, 7) is 12.4. The molecule has 1 aliphatic carbocycles. The summed E-state index contributed by atoms with van der Waals surface area (Å²) in [4.78, 5) is 16.3. The van der Waals surface area contributed by atoms with Crippen LogP contribution in [0, 0.1) is 10.8 Å². The summed E-state index contributed by atoms with van der Waals surface area (Å²) in [6.07, 6.45) is 5.46. The van der Waals surface area contributed by atoms with Gasteiger partial charge in [0, 0.05) is 38.8 Å². The van der Waals surface area contributed by atoms with Gasteiger partial charge >= 0.3 is 0 Å². The summed E-state index contributed by atoms with van der Waals surface area (Å²) < 4.78 is 0. The summed E-state index contributed by atoms with van der Waals surface area (Å²) >= 11 is 0. The van der Waals surface area contributed by atoms with Gasteiger partial charge in [-0.15, -0.1) is 0 Å². The van der Waals surface area contributed by atoms with E-state index in [0.29, 0.717) is 16.9 Å². The molecule has 6 nitrogen and oxygen atoms in total. The highest BCUT2D eigenvalue weighted by atomic mass is 15.3. The maximum atomic E-state index is 6.60. The molecule has 2 saturated heterocycles. The third-order valence-corrected chi connectivity index (χ3v) is 6.33. The highest BCUT2D eigenvalue weighted by molar-refractivity contribution is 5.76. The lowest BCUT2D eigenvalue weighted by Gasteiger charge is -2.39. The molecule has 0 aromatic carbocycles. The quantitative estimate of drug-likeness (QED) is 0.888. The van der Waals surface area contributed by atoms with Crippen molar-refractivity contribution in [1.29, 1.82) is 0 Å².